The largest absolute Gasteiger partial charge is 0.441 e. The minimum Gasteiger partial charge on any atom is -0.441 e. The Bertz CT molecular complexity index is 711. The first-order valence-electron chi connectivity index (χ1n) is 7.37. The number of nitriles is 1. The van der Waals surface area contributed by atoms with Gasteiger partial charge in [0, 0.05) is 11.6 Å². The maximum absolute atomic E-state index is 12.4. The molecule has 22 heavy (non-hydrogen) atoms. The van der Waals surface area contributed by atoms with Crippen LogP contribution >= 0.6 is 0 Å². The van der Waals surface area contributed by atoms with Crippen LogP contribution in [0.4, 0.5) is 0 Å². The molecule has 1 heterocycles. The van der Waals surface area contributed by atoms with Gasteiger partial charge in [-0.15, -0.1) is 0 Å². The van der Waals surface area contributed by atoms with E-state index >= 15 is 0 Å². The number of aryl methyl sites for hydroxylation is 1. The van der Waals surface area contributed by atoms with E-state index in [1.807, 2.05) is 37.3 Å². The summed E-state index contributed by atoms with van der Waals surface area (Å²) in [6.07, 6.45) is 2.15. The topological polar surface area (TPSA) is 70.1 Å². The summed E-state index contributed by atoms with van der Waals surface area (Å²) in [5.74, 6) is 1.12. The van der Waals surface area contributed by atoms with Crippen LogP contribution in [-0.2, 0) is 11.2 Å². The van der Waals surface area contributed by atoms with E-state index < -0.39 is 0 Å². The molecule has 0 aliphatic heterocycles. The van der Waals surface area contributed by atoms with E-state index in [1.165, 1.54) is 0 Å². The van der Waals surface area contributed by atoms with Crippen molar-refractivity contribution in [2.45, 2.75) is 32.2 Å². The summed E-state index contributed by atoms with van der Waals surface area (Å²) in [6, 6.07) is 11.9. The molecule has 5 nitrogen and oxygen atoms in total. The number of carbonyl (C=O) groups is 1. The zero-order chi connectivity index (χ0) is 15.5. The number of carbonyl (C=O) groups excluding carboxylic acids is 1. The Balaban J connectivity index is 1.77. The highest BCUT2D eigenvalue weighted by Crippen LogP contribution is 2.28. The summed E-state index contributed by atoms with van der Waals surface area (Å²) in [4.78, 5) is 18.5. The number of nitrogens with zero attached hydrogens (tertiary/aromatic N) is 3. The normalized spacial score (nSPS) is 13.6. The lowest BCUT2D eigenvalue weighted by atomic mass is 10.2. The lowest BCUT2D eigenvalue weighted by molar-refractivity contribution is -0.130. The highest BCUT2D eigenvalue weighted by molar-refractivity contribution is 5.79. The SMILES string of the molecule is Cc1oc(-c2ccccc2)nc1CC(=O)N(CC#N)C1CC1. The van der Waals surface area contributed by atoms with Crippen molar-refractivity contribution >= 4 is 5.91 Å². The van der Waals surface area contributed by atoms with Gasteiger partial charge in [-0.3, -0.25) is 4.79 Å². The monoisotopic (exact) mass is 295 g/mol. The molecule has 2 aromatic rings. The molecule has 0 unspecified atom stereocenters. The maximum atomic E-state index is 12.4. The molecule has 1 aromatic carbocycles. The van der Waals surface area contributed by atoms with Crippen molar-refractivity contribution in [1.29, 1.82) is 5.26 Å². The number of hydrogen-bond acceptors (Lipinski definition) is 4. The summed E-state index contributed by atoms with van der Waals surface area (Å²) < 4.78 is 5.67. The van der Waals surface area contributed by atoms with Gasteiger partial charge < -0.3 is 9.32 Å². The Morgan fingerprint density at radius 1 is 1.41 bits per heavy atom. The summed E-state index contributed by atoms with van der Waals surface area (Å²) in [7, 11) is 0. The quantitative estimate of drug-likeness (QED) is 0.795. The second-order valence-electron chi connectivity index (χ2n) is 5.48. The summed E-state index contributed by atoms with van der Waals surface area (Å²) in [5, 5.41) is 8.86. The summed E-state index contributed by atoms with van der Waals surface area (Å²) >= 11 is 0. The Morgan fingerprint density at radius 2 is 2.14 bits per heavy atom. The van der Waals surface area contributed by atoms with Crippen LogP contribution in [0.5, 0.6) is 0 Å². The molecule has 3 rings (SSSR count). The first-order chi connectivity index (χ1) is 10.7. The van der Waals surface area contributed by atoms with Gasteiger partial charge in [-0.05, 0) is 31.9 Å². The van der Waals surface area contributed by atoms with Crippen LogP contribution in [0, 0.1) is 18.3 Å². The molecule has 1 aliphatic rings. The first-order valence-corrected chi connectivity index (χ1v) is 7.37. The van der Waals surface area contributed by atoms with Crippen molar-refractivity contribution in [2.75, 3.05) is 6.54 Å². The molecule has 112 valence electrons. The van der Waals surface area contributed by atoms with Crippen molar-refractivity contribution in [3.05, 3.63) is 41.8 Å². The van der Waals surface area contributed by atoms with Gasteiger partial charge >= 0.3 is 0 Å². The molecule has 1 saturated carbocycles. The fourth-order valence-electron chi connectivity index (χ4n) is 2.42. The van der Waals surface area contributed by atoms with E-state index in [2.05, 4.69) is 11.1 Å². The van der Waals surface area contributed by atoms with Crippen molar-refractivity contribution < 1.29 is 9.21 Å². The zero-order valence-electron chi connectivity index (χ0n) is 12.5. The second-order valence-corrected chi connectivity index (χ2v) is 5.48. The lowest BCUT2D eigenvalue weighted by Crippen LogP contribution is -2.34. The van der Waals surface area contributed by atoms with Gasteiger partial charge in [0.25, 0.3) is 0 Å². The van der Waals surface area contributed by atoms with E-state index in [9.17, 15) is 4.79 Å². The van der Waals surface area contributed by atoms with E-state index in [-0.39, 0.29) is 24.9 Å². The standard InChI is InChI=1S/C17H17N3O2/c1-12-15(11-16(21)20(10-9-18)14-7-8-14)19-17(22-12)13-5-3-2-4-6-13/h2-6,14H,7-8,10-11H2,1H3. The van der Waals surface area contributed by atoms with Gasteiger partial charge in [0.05, 0.1) is 18.2 Å². The zero-order valence-corrected chi connectivity index (χ0v) is 12.5. The average Bonchev–Trinajstić information content (AvgIpc) is 3.30. The van der Waals surface area contributed by atoms with Crippen LogP contribution in [0.25, 0.3) is 11.5 Å². The third-order valence-corrected chi connectivity index (χ3v) is 3.78. The Hall–Kier alpha value is -2.61. The Labute approximate surface area is 129 Å². The van der Waals surface area contributed by atoms with E-state index in [1.54, 1.807) is 4.90 Å². The Morgan fingerprint density at radius 3 is 2.77 bits per heavy atom. The lowest BCUT2D eigenvalue weighted by Gasteiger charge is -2.18. The molecular weight excluding hydrogens is 278 g/mol. The number of benzene rings is 1. The number of aromatic nitrogens is 1. The van der Waals surface area contributed by atoms with Crippen LogP contribution in [0.1, 0.15) is 24.3 Å². The Kier molecular flexibility index (Phi) is 3.92. The smallest absolute Gasteiger partial charge is 0.229 e. The van der Waals surface area contributed by atoms with Gasteiger partial charge in [0.2, 0.25) is 11.8 Å². The second kappa shape index (κ2) is 6.02. The number of oxazole rings is 1. The van der Waals surface area contributed by atoms with Crippen molar-refractivity contribution in [3.8, 4) is 17.5 Å². The maximum Gasteiger partial charge on any atom is 0.229 e. The molecule has 0 spiro atoms. The molecule has 5 heteroatoms. The highest BCUT2D eigenvalue weighted by Gasteiger charge is 2.32. The van der Waals surface area contributed by atoms with Crippen molar-refractivity contribution in [3.63, 3.8) is 0 Å². The van der Waals surface area contributed by atoms with Crippen LogP contribution in [0.3, 0.4) is 0 Å². The van der Waals surface area contributed by atoms with Gasteiger partial charge in [-0.1, -0.05) is 18.2 Å². The third kappa shape index (κ3) is 3.01. The van der Waals surface area contributed by atoms with Gasteiger partial charge in [-0.2, -0.15) is 5.26 Å². The van der Waals surface area contributed by atoms with E-state index in [0.29, 0.717) is 17.3 Å². The number of rotatable bonds is 5. The van der Waals surface area contributed by atoms with Gasteiger partial charge in [-0.25, -0.2) is 4.98 Å². The molecule has 0 saturated heterocycles. The van der Waals surface area contributed by atoms with Crippen molar-refractivity contribution in [1.82, 2.24) is 9.88 Å². The van der Waals surface area contributed by atoms with Crippen LogP contribution in [0.15, 0.2) is 34.7 Å². The molecule has 0 radical (unpaired) electrons. The van der Waals surface area contributed by atoms with Crippen LogP contribution < -0.4 is 0 Å². The molecule has 1 amide bonds. The molecule has 1 fully saturated rings. The molecule has 0 atom stereocenters. The molecular formula is C17H17N3O2. The molecule has 0 N–H and O–H groups in total. The first kappa shape index (κ1) is 14.3. The van der Waals surface area contributed by atoms with Crippen LogP contribution in [-0.4, -0.2) is 28.4 Å². The molecule has 1 aliphatic carbocycles. The van der Waals surface area contributed by atoms with Gasteiger partial charge in [0.1, 0.15) is 12.3 Å². The van der Waals surface area contributed by atoms with Gasteiger partial charge in [0.15, 0.2) is 0 Å². The highest BCUT2D eigenvalue weighted by atomic mass is 16.4. The predicted octanol–water partition coefficient (Wildman–Crippen LogP) is 2.71. The third-order valence-electron chi connectivity index (χ3n) is 3.78. The number of amides is 1. The minimum absolute atomic E-state index is 0.0555. The van der Waals surface area contributed by atoms with E-state index in [0.717, 1.165) is 18.4 Å². The number of hydrogen-bond donors (Lipinski definition) is 0. The predicted molar refractivity (Wildman–Crippen MR) is 80.7 cm³/mol. The van der Waals surface area contributed by atoms with Crippen molar-refractivity contribution in [2.24, 2.45) is 0 Å². The fraction of sp³-hybridized carbons (Fsp3) is 0.353. The fourth-order valence-corrected chi connectivity index (χ4v) is 2.42. The summed E-state index contributed by atoms with van der Waals surface area (Å²) in [5.41, 5.74) is 1.54. The molecule has 0 bridgehead atoms. The average molecular weight is 295 g/mol. The summed E-state index contributed by atoms with van der Waals surface area (Å²) in [6.45, 7) is 1.96. The van der Waals surface area contributed by atoms with Crippen LogP contribution in [0.2, 0.25) is 0 Å². The van der Waals surface area contributed by atoms with E-state index in [4.69, 9.17) is 9.68 Å². The molecule has 1 aromatic heterocycles. The minimum atomic E-state index is -0.0555.